The molecule has 5 rings (SSSR count). The molecule has 0 saturated carbocycles. The molecule has 1 aliphatic heterocycles. The number of aromatic hydroxyl groups is 1. The van der Waals surface area contributed by atoms with Gasteiger partial charge in [-0.25, -0.2) is 4.98 Å². The second kappa shape index (κ2) is 7.07. The first kappa shape index (κ1) is 18.5. The fourth-order valence-corrected chi connectivity index (χ4v) is 4.50. The normalized spacial score (nSPS) is 14.2. The van der Waals surface area contributed by atoms with Crippen molar-refractivity contribution in [1.82, 2.24) is 9.88 Å². The first-order valence-electron chi connectivity index (χ1n) is 10.1. The Bertz CT molecular complexity index is 1320. The molecule has 1 aliphatic rings. The third kappa shape index (κ3) is 2.88. The number of nitrogens with zero attached hydrogens (tertiary/aromatic N) is 3. The van der Waals surface area contributed by atoms with E-state index in [2.05, 4.69) is 30.0 Å². The summed E-state index contributed by atoms with van der Waals surface area (Å²) in [5, 5.41) is 24.8. The molecule has 150 valence electrons. The van der Waals surface area contributed by atoms with E-state index in [1.165, 1.54) is 33.9 Å². The van der Waals surface area contributed by atoms with E-state index < -0.39 is 4.92 Å². The minimum atomic E-state index is -0.557. The maximum absolute atomic E-state index is 11.4. The van der Waals surface area contributed by atoms with Gasteiger partial charge < -0.3 is 5.11 Å². The van der Waals surface area contributed by atoms with E-state index in [1.807, 2.05) is 18.2 Å². The SMILES string of the molecule is CCN1CCc2c(c(-c3ccc(O)c([N+](=O)[O-])c3)nc3ccc4ccccc4c23)C1. The summed E-state index contributed by atoms with van der Waals surface area (Å²) in [6.07, 6.45) is 0.906. The largest absolute Gasteiger partial charge is 0.502 e. The van der Waals surface area contributed by atoms with Crippen LogP contribution in [0.15, 0.2) is 54.6 Å². The second-order valence-electron chi connectivity index (χ2n) is 7.68. The smallest absolute Gasteiger partial charge is 0.311 e. The summed E-state index contributed by atoms with van der Waals surface area (Å²) < 4.78 is 0. The molecule has 1 N–H and O–H groups in total. The van der Waals surface area contributed by atoms with Crippen molar-refractivity contribution in [3.63, 3.8) is 0 Å². The Kier molecular flexibility index (Phi) is 4.37. The Morgan fingerprint density at radius 3 is 2.77 bits per heavy atom. The van der Waals surface area contributed by atoms with Gasteiger partial charge in [-0.2, -0.15) is 0 Å². The molecular formula is C24H21N3O3. The Balaban J connectivity index is 1.84. The number of nitro benzene ring substituents is 1. The van der Waals surface area contributed by atoms with Crippen LogP contribution in [0.4, 0.5) is 5.69 Å². The van der Waals surface area contributed by atoms with Crippen LogP contribution < -0.4 is 0 Å². The average molecular weight is 399 g/mol. The van der Waals surface area contributed by atoms with Crippen molar-refractivity contribution >= 4 is 27.4 Å². The van der Waals surface area contributed by atoms with Gasteiger partial charge in [-0.3, -0.25) is 15.0 Å². The predicted octanol–water partition coefficient (Wildman–Crippen LogP) is 5.05. The zero-order chi connectivity index (χ0) is 20.8. The lowest BCUT2D eigenvalue weighted by molar-refractivity contribution is -0.385. The molecule has 30 heavy (non-hydrogen) atoms. The molecule has 0 spiro atoms. The van der Waals surface area contributed by atoms with Crippen molar-refractivity contribution in [2.45, 2.75) is 19.9 Å². The molecule has 6 nitrogen and oxygen atoms in total. The monoisotopic (exact) mass is 399 g/mol. The van der Waals surface area contributed by atoms with E-state index in [0.29, 0.717) is 5.56 Å². The van der Waals surface area contributed by atoms with E-state index in [1.54, 1.807) is 6.07 Å². The van der Waals surface area contributed by atoms with Crippen LogP contribution in [0.3, 0.4) is 0 Å². The van der Waals surface area contributed by atoms with Gasteiger partial charge in [0.1, 0.15) is 0 Å². The highest BCUT2D eigenvalue weighted by molar-refractivity contribution is 6.09. The number of hydrogen-bond donors (Lipinski definition) is 1. The van der Waals surface area contributed by atoms with Gasteiger partial charge in [0.2, 0.25) is 0 Å². The molecule has 0 unspecified atom stereocenters. The van der Waals surface area contributed by atoms with Gasteiger partial charge in [0.25, 0.3) is 0 Å². The molecule has 0 atom stereocenters. The Morgan fingerprint density at radius 2 is 1.97 bits per heavy atom. The van der Waals surface area contributed by atoms with Crippen LogP contribution in [0, 0.1) is 10.1 Å². The van der Waals surface area contributed by atoms with E-state index in [9.17, 15) is 15.2 Å². The molecule has 0 saturated heterocycles. The lowest BCUT2D eigenvalue weighted by Gasteiger charge is -2.30. The van der Waals surface area contributed by atoms with Crippen LogP contribution in [0.1, 0.15) is 18.1 Å². The zero-order valence-electron chi connectivity index (χ0n) is 16.6. The number of likely N-dealkylation sites (N-methyl/N-ethyl adjacent to an activating group) is 1. The second-order valence-corrected chi connectivity index (χ2v) is 7.68. The molecule has 0 aliphatic carbocycles. The highest BCUT2D eigenvalue weighted by atomic mass is 16.6. The van der Waals surface area contributed by atoms with Gasteiger partial charge >= 0.3 is 5.69 Å². The van der Waals surface area contributed by atoms with Crippen LogP contribution in [-0.2, 0) is 13.0 Å². The molecule has 0 bridgehead atoms. The summed E-state index contributed by atoms with van der Waals surface area (Å²) >= 11 is 0. The Hall–Kier alpha value is -3.51. The maximum Gasteiger partial charge on any atom is 0.311 e. The lowest BCUT2D eigenvalue weighted by atomic mass is 9.89. The summed E-state index contributed by atoms with van der Waals surface area (Å²) in [7, 11) is 0. The highest BCUT2D eigenvalue weighted by Crippen LogP contribution is 2.39. The fourth-order valence-electron chi connectivity index (χ4n) is 4.50. The van der Waals surface area contributed by atoms with Crippen LogP contribution in [0.5, 0.6) is 5.75 Å². The molecular weight excluding hydrogens is 378 g/mol. The van der Waals surface area contributed by atoms with Crippen molar-refractivity contribution < 1.29 is 10.0 Å². The van der Waals surface area contributed by atoms with E-state index >= 15 is 0 Å². The summed E-state index contributed by atoms with van der Waals surface area (Å²) in [6, 6.07) is 17.0. The van der Waals surface area contributed by atoms with Crippen molar-refractivity contribution in [3.05, 3.63) is 75.8 Å². The number of phenolic OH excluding ortho intramolecular Hbond substituents is 1. The quantitative estimate of drug-likeness (QED) is 0.296. The van der Waals surface area contributed by atoms with Crippen LogP contribution in [0.25, 0.3) is 32.9 Å². The van der Waals surface area contributed by atoms with Gasteiger partial charge in [0, 0.05) is 30.1 Å². The van der Waals surface area contributed by atoms with E-state index in [4.69, 9.17) is 4.98 Å². The third-order valence-corrected chi connectivity index (χ3v) is 6.04. The number of fused-ring (bicyclic) bond motifs is 5. The molecule has 0 amide bonds. The van der Waals surface area contributed by atoms with Crippen LogP contribution in [-0.4, -0.2) is 33.0 Å². The zero-order valence-corrected chi connectivity index (χ0v) is 16.6. The number of hydrogen-bond acceptors (Lipinski definition) is 5. The van der Waals surface area contributed by atoms with Gasteiger partial charge in [0.05, 0.1) is 16.1 Å². The molecule has 2 heterocycles. The van der Waals surface area contributed by atoms with Crippen LogP contribution >= 0.6 is 0 Å². The van der Waals surface area contributed by atoms with Crippen molar-refractivity contribution in [2.24, 2.45) is 0 Å². The third-order valence-electron chi connectivity index (χ3n) is 6.04. The molecule has 1 aromatic heterocycles. The van der Waals surface area contributed by atoms with E-state index in [0.717, 1.165) is 42.8 Å². The topological polar surface area (TPSA) is 79.5 Å². The molecule has 3 aromatic carbocycles. The first-order chi connectivity index (χ1) is 14.6. The van der Waals surface area contributed by atoms with Crippen molar-refractivity contribution in [1.29, 1.82) is 0 Å². The number of benzene rings is 3. The van der Waals surface area contributed by atoms with Crippen LogP contribution in [0.2, 0.25) is 0 Å². The van der Waals surface area contributed by atoms with Gasteiger partial charge in [-0.1, -0.05) is 37.3 Å². The van der Waals surface area contributed by atoms with Gasteiger partial charge in [0.15, 0.2) is 5.75 Å². The first-order valence-corrected chi connectivity index (χ1v) is 10.1. The summed E-state index contributed by atoms with van der Waals surface area (Å²) in [6.45, 7) is 4.80. The number of aromatic nitrogens is 1. The van der Waals surface area contributed by atoms with Crippen molar-refractivity contribution in [3.8, 4) is 17.0 Å². The Labute approximate surface area is 173 Å². The van der Waals surface area contributed by atoms with Gasteiger partial charge in [-0.05, 0) is 53.1 Å². The number of pyridine rings is 1. The maximum atomic E-state index is 11.4. The number of phenols is 1. The molecule has 4 aromatic rings. The minimum absolute atomic E-state index is 0.301. The molecule has 0 fully saturated rings. The Morgan fingerprint density at radius 1 is 1.13 bits per heavy atom. The lowest BCUT2D eigenvalue weighted by Crippen LogP contribution is -2.31. The summed E-state index contributed by atoms with van der Waals surface area (Å²) in [4.78, 5) is 18.1. The number of nitro groups is 1. The molecule has 6 heteroatoms. The minimum Gasteiger partial charge on any atom is -0.502 e. The van der Waals surface area contributed by atoms with E-state index in [-0.39, 0.29) is 11.4 Å². The highest BCUT2D eigenvalue weighted by Gasteiger charge is 2.25. The average Bonchev–Trinajstić information content (AvgIpc) is 2.78. The number of rotatable bonds is 3. The predicted molar refractivity (Wildman–Crippen MR) is 118 cm³/mol. The molecule has 0 radical (unpaired) electrons. The summed E-state index contributed by atoms with van der Waals surface area (Å²) in [5.74, 6) is -0.334. The van der Waals surface area contributed by atoms with Gasteiger partial charge in [-0.15, -0.1) is 0 Å². The van der Waals surface area contributed by atoms with Crippen molar-refractivity contribution in [2.75, 3.05) is 13.1 Å². The fraction of sp³-hybridized carbons (Fsp3) is 0.208. The summed E-state index contributed by atoms with van der Waals surface area (Å²) in [5.41, 5.74) is 4.39. The standard InChI is InChI=1S/C24H21N3O3/c1-2-26-12-11-18-19(14-26)24(16-8-10-22(28)21(13-16)27(29)30)25-20-9-7-15-5-3-4-6-17(15)23(18)20/h3-10,13,28H,2,11-12,14H2,1H3.